The summed E-state index contributed by atoms with van der Waals surface area (Å²) >= 11 is 5.96. The zero-order chi connectivity index (χ0) is 18.1. The Bertz CT molecular complexity index is 988. The van der Waals surface area contributed by atoms with E-state index >= 15 is 0 Å². The van der Waals surface area contributed by atoms with Crippen molar-refractivity contribution < 1.29 is 4.92 Å². The van der Waals surface area contributed by atoms with Crippen LogP contribution in [0.25, 0.3) is 22.3 Å². The second-order valence-electron chi connectivity index (χ2n) is 6.22. The molecule has 0 N–H and O–H groups in total. The second-order valence-corrected chi connectivity index (χ2v) is 6.61. The minimum absolute atomic E-state index is 0.121. The fourth-order valence-corrected chi connectivity index (χ4v) is 3.49. The van der Waals surface area contributed by atoms with Gasteiger partial charge < -0.3 is 4.90 Å². The van der Waals surface area contributed by atoms with Crippen molar-refractivity contribution in [3.8, 4) is 11.4 Å². The first kappa shape index (κ1) is 16.7. The number of nitrogens with zero attached hydrogens (tertiary/aromatic N) is 5. The van der Waals surface area contributed by atoms with Gasteiger partial charge in [0.15, 0.2) is 5.69 Å². The van der Waals surface area contributed by atoms with E-state index in [1.54, 1.807) is 12.4 Å². The van der Waals surface area contributed by atoms with E-state index in [2.05, 4.69) is 19.9 Å². The Labute approximate surface area is 154 Å². The Kier molecular flexibility index (Phi) is 4.38. The smallest absolute Gasteiger partial charge is 0.297 e. The van der Waals surface area contributed by atoms with Crippen molar-refractivity contribution in [2.75, 3.05) is 18.0 Å². The van der Waals surface area contributed by atoms with Gasteiger partial charge in [0.2, 0.25) is 0 Å². The molecule has 4 heterocycles. The van der Waals surface area contributed by atoms with Crippen molar-refractivity contribution in [1.82, 2.24) is 15.0 Å². The predicted octanol–water partition coefficient (Wildman–Crippen LogP) is 4.24. The molecular weight excluding hydrogens is 354 g/mol. The Morgan fingerprint density at radius 2 is 1.92 bits per heavy atom. The summed E-state index contributed by atoms with van der Waals surface area (Å²) in [4.78, 5) is 26.1. The molecule has 7 nitrogen and oxygen atoms in total. The minimum Gasteiger partial charge on any atom is -0.371 e. The maximum atomic E-state index is 11.4. The van der Waals surface area contributed by atoms with Gasteiger partial charge in [-0.15, -0.1) is 0 Å². The molecule has 1 fully saturated rings. The van der Waals surface area contributed by atoms with E-state index in [9.17, 15) is 10.1 Å². The number of nitro groups is 1. The van der Waals surface area contributed by atoms with Gasteiger partial charge in [-0.2, -0.15) is 0 Å². The fraction of sp³-hybridized carbons (Fsp3) is 0.278. The minimum atomic E-state index is -0.473. The SMILES string of the molecule is O=[N+]([O-])c1ccc(Cl)nc1-c1cc2c(N3CCCCC3)ccnc2cn1. The van der Waals surface area contributed by atoms with Crippen molar-refractivity contribution in [3.05, 3.63) is 51.9 Å². The summed E-state index contributed by atoms with van der Waals surface area (Å²) in [5.41, 5.74) is 2.28. The zero-order valence-electron chi connectivity index (χ0n) is 13.9. The van der Waals surface area contributed by atoms with Crippen LogP contribution in [0.15, 0.2) is 36.7 Å². The number of fused-ring (bicyclic) bond motifs is 1. The predicted molar refractivity (Wildman–Crippen MR) is 100 cm³/mol. The zero-order valence-corrected chi connectivity index (χ0v) is 14.7. The number of pyridine rings is 3. The van der Waals surface area contributed by atoms with Gasteiger partial charge in [-0.1, -0.05) is 11.6 Å². The Morgan fingerprint density at radius 1 is 1.12 bits per heavy atom. The lowest BCUT2D eigenvalue weighted by Gasteiger charge is -2.29. The highest BCUT2D eigenvalue weighted by atomic mass is 35.5. The van der Waals surface area contributed by atoms with Gasteiger partial charge in [0.25, 0.3) is 5.69 Å². The van der Waals surface area contributed by atoms with E-state index in [0.29, 0.717) is 5.69 Å². The van der Waals surface area contributed by atoms with Crippen molar-refractivity contribution in [1.29, 1.82) is 0 Å². The highest BCUT2D eigenvalue weighted by Crippen LogP contribution is 2.33. The van der Waals surface area contributed by atoms with Crippen LogP contribution in [0.1, 0.15) is 19.3 Å². The van der Waals surface area contributed by atoms with E-state index in [4.69, 9.17) is 11.6 Å². The number of rotatable bonds is 3. The topological polar surface area (TPSA) is 85.0 Å². The van der Waals surface area contributed by atoms with Crippen LogP contribution in [0.4, 0.5) is 11.4 Å². The largest absolute Gasteiger partial charge is 0.371 e. The molecule has 0 aromatic carbocycles. The standard InChI is InChI=1S/C18H16ClN5O2/c19-17-5-4-16(24(25)26)18(22-17)13-10-12-14(11-21-13)20-7-6-15(12)23-8-2-1-3-9-23/h4-7,10-11H,1-3,8-9H2. The summed E-state index contributed by atoms with van der Waals surface area (Å²) < 4.78 is 0. The second kappa shape index (κ2) is 6.84. The molecule has 0 radical (unpaired) electrons. The van der Waals surface area contributed by atoms with Gasteiger partial charge in [0.05, 0.1) is 22.3 Å². The van der Waals surface area contributed by atoms with Crippen LogP contribution in [-0.2, 0) is 0 Å². The summed E-state index contributed by atoms with van der Waals surface area (Å²) in [6.07, 6.45) is 6.95. The lowest BCUT2D eigenvalue weighted by Crippen LogP contribution is -2.29. The van der Waals surface area contributed by atoms with Crippen LogP contribution in [-0.4, -0.2) is 33.0 Å². The monoisotopic (exact) mass is 369 g/mol. The molecule has 8 heteroatoms. The average molecular weight is 370 g/mol. The van der Waals surface area contributed by atoms with Crippen molar-refractivity contribution in [2.45, 2.75) is 19.3 Å². The quantitative estimate of drug-likeness (QED) is 0.390. The molecule has 3 aromatic rings. The maximum Gasteiger partial charge on any atom is 0.297 e. The maximum absolute atomic E-state index is 11.4. The summed E-state index contributed by atoms with van der Waals surface area (Å²) in [6.45, 7) is 1.98. The summed E-state index contributed by atoms with van der Waals surface area (Å²) in [5, 5.41) is 12.5. The van der Waals surface area contributed by atoms with Gasteiger partial charge in [0, 0.05) is 36.4 Å². The molecule has 4 rings (SSSR count). The van der Waals surface area contributed by atoms with Gasteiger partial charge in [-0.3, -0.25) is 20.1 Å². The average Bonchev–Trinajstić information content (AvgIpc) is 2.67. The third-order valence-corrected chi connectivity index (χ3v) is 4.79. The fourth-order valence-electron chi connectivity index (χ4n) is 3.34. The van der Waals surface area contributed by atoms with Gasteiger partial charge in [-0.05, 0) is 37.5 Å². The number of halogens is 1. The van der Waals surface area contributed by atoms with Crippen molar-refractivity contribution in [3.63, 3.8) is 0 Å². The Balaban J connectivity index is 1.88. The third-order valence-electron chi connectivity index (χ3n) is 4.58. The van der Waals surface area contributed by atoms with Gasteiger partial charge >= 0.3 is 0 Å². The molecule has 0 saturated carbocycles. The molecular formula is C18H16ClN5O2. The number of piperidine rings is 1. The van der Waals surface area contributed by atoms with E-state index in [1.807, 2.05) is 12.1 Å². The highest BCUT2D eigenvalue weighted by molar-refractivity contribution is 6.29. The summed E-state index contributed by atoms with van der Waals surface area (Å²) in [7, 11) is 0. The van der Waals surface area contributed by atoms with Crippen LogP contribution in [0, 0.1) is 10.1 Å². The summed E-state index contributed by atoms with van der Waals surface area (Å²) in [6, 6.07) is 6.56. The van der Waals surface area contributed by atoms with Gasteiger partial charge in [0.1, 0.15) is 5.15 Å². The normalized spacial score (nSPS) is 14.6. The number of hydrogen-bond donors (Lipinski definition) is 0. The van der Waals surface area contributed by atoms with Crippen LogP contribution < -0.4 is 4.90 Å². The first-order chi connectivity index (χ1) is 12.6. The first-order valence-corrected chi connectivity index (χ1v) is 8.82. The molecule has 0 unspecified atom stereocenters. The number of hydrogen-bond acceptors (Lipinski definition) is 6. The molecule has 0 aliphatic carbocycles. The Hall–Kier alpha value is -2.80. The molecule has 0 bridgehead atoms. The molecule has 0 spiro atoms. The Morgan fingerprint density at radius 3 is 2.69 bits per heavy atom. The van der Waals surface area contributed by atoms with E-state index in [0.717, 1.165) is 42.5 Å². The molecule has 0 amide bonds. The molecule has 132 valence electrons. The van der Waals surface area contributed by atoms with Crippen LogP contribution in [0.3, 0.4) is 0 Å². The van der Waals surface area contributed by atoms with Crippen molar-refractivity contribution in [2.24, 2.45) is 0 Å². The van der Waals surface area contributed by atoms with Crippen LogP contribution in [0.5, 0.6) is 0 Å². The number of anilines is 1. The molecule has 1 aliphatic rings. The van der Waals surface area contributed by atoms with Crippen LogP contribution in [0.2, 0.25) is 5.15 Å². The van der Waals surface area contributed by atoms with E-state index in [1.165, 1.54) is 18.6 Å². The number of aromatic nitrogens is 3. The first-order valence-electron chi connectivity index (χ1n) is 8.44. The molecule has 26 heavy (non-hydrogen) atoms. The van der Waals surface area contributed by atoms with Crippen LogP contribution >= 0.6 is 11.6 Å². The lowest BCUT2D eigenvalue weighted by atomic mass is 10.1. The van der Waals surface area contributed by atoms with E-state index in [-0.39, 0.29) is 16.5 Å². The lowest BCUT2D eigenvalue weighted by molar-refractivity contribution is -0.384. The molecule has 1 aliphatic heterocycles. The molecule has 1 saturated heterocycles. The van der Waals surface area contributed by atoms with E-state index < -0.39 is 4.92 Å². The third kappa shape index (κ3) is 3.06. The molecule has 0 atom stereocenters. The highest BCUT2D eigenvalue weighted by Gasteiger charge is 2.20. The van der Waals surface area contributed by atoms with Crippen molar-refractivity contribution >= 4 is 33.9 Å². The molecule has 3 aromatic heterocycles. The van der Waals surface area contributed by atoms with Gasteiger partial charge in [-0.25, -0.2) is 4.98 Å². The summed E-state index contributed by atoms with van der Waals surface area (Å²) in [5.74, 6) is 0.